The van der Waals surface area contributed by atoms with E-state index in [-0.39, 0.29) is 5.82 Å². The lowest BCUT2D eigenvalue weighted by Gasteiger charge is -2.37. The van der Waals surface area contributed by atoms with Gasteiger partial charge in [0.1, 0.15) is 11.6 Å². The van der Waals surface area contributed by atoms with Crippen molar-refractivity contribution in [2.45, 2.75) is 51.9 Å². The van der Waals surface area contributed by atoms with Crippen LogP contribution >= 0.6 is 0 Å². The SMILES string of the molecule is CC(C)C1[C](CCN(C)CCCc2nc3ccccc3[nH]2)CCc2cc(F)ccc21. The van der Waals surface area contributed by atoms with Crippen molar-refractivity contribution >= 4 is 11.0 Å². The maximum atomic E-state index is 13.7. The molecule has 0 fully saturated rings. The summed E-state index contributed by atoms with van der Waals surface area (Å²) in [5.41, 5.74) is 4.72. The van der Waals surface area contributed by atoms with E-state index in [4.69, 9.17) is 0 Å². The second-order valence-electron chi connectivity index (χ2n) is 9.08. The number of hydrogen-bond donors (Lipinski definition) is 1. The standard InChI is InChI=1S/C26H33FN3/c1-18(2)26-19(10-11-20-17-21(27)12-13-22(20)26)14-16-30(3)15-6-9-25-28-23-7-4-5-8-24(23)29-25/h4-5,7-8,12-13,17-18,26H,6,9-11,14-16H2,1-3H3,(H,28,29). The minimum atomic E-state index is -0.108. The van der Waals surface area contributed by atoms with Crippen LogP contribution in [0.2, 0.25) is 0 Å². The molecule has 159 valence electrons. The van der Waals surface area contributed by atoms with E-state index in [2.05, 4.69) is 47.9 Å². The van der Waals surface area contributed by atoms with Gasteiger partial charge in [-0.15, -0.1) is 0 Å². The molecule has 4 heteroatoms. The third-order valence-electron chi connectivity index (χ3n) is 6.47. The number of imidazole rings is 1. The van der Waals surface area contributed by atoms with Crippen molar-refractivity contribution in [1.82, 2.24) is 14.9 Å². The van der Waals surface area contributed by atoms with Crippen molar-refractivity contribution in [3.8, 4) is 0 Å². The van der Waals surface area contributed by atoms with Crippen LogP contribution in [0, 0.1) is 17.7 Å². The molecule has 1 aliphatic carbocycles. The smallest absolute Gasteiger partial charge is 0.123 e. The van der Waals surface area contributed by atoms with Gasteiger partial charge in [-0.05, 0) is 99.0 Å². The molecule has 2 aromatic carbocycles. The van der Waals surface area contributed by atoms with E-state index in [9.17, 15) is 4.39 Å². The molecule has 30 heavy (non-hydrogen) atoms. The average Bonchev–Trinajstić information content (AvgIpc) is 3.14. The lowest BCUT2D eigenvalue weighted by atomic mass is 9.69. The van der Waals surface area contributed by atoms with Crippen molar-refractivity contribution in [2.24, 2.45) is 5.92 Å². The van der Waals surface area contributed by atoms with Crippen molar-refractivity contribution < 1.29 is 4.39 Å². The Hall–Kier alpha value is -2.20. The molecule has 1 heterocycles. The molecule has 0 spiro atoms. The molecule has 1 unspecified atom stereocenters. The van der Waals surface area contributed by atoms with Gasteiger partial charge in [0.2, 0.25) is 0 Å². The topological polar surface area (TPSA) is 31.9 Å². The molecule has 0 bridgehead atoms. The number of nitrogens with one attached hydrogen (secondary N) is 1. The number of aromatic nitrogens is 2. The van der Waals surface area contributed by atoms with E-state index in [1.807, 2.05) is 18.2 Å². The van der Waals surface area contributed by atoms with Gasteiger partial charge in [-0.2, -0.15) is 0 Å². The lowest BCUT2D eigenvalue weighted by molar-refractivity contribution is 0.311. The molecule has 1 radical (unpaired) electrons. The van der Waals surface area contributed by atoms with Crippen LogP contribution in [0.25, 0.3) is 11.0 Å². The van der Waals surface area contributed by atoms with Gasteiger partial charge in [0.05, 0.1) is 11.0 Å². The Morgan fingerprint density at radius 3 is 2.73 bits per heavy atom. The quantitative estimate of drug-likeness (QED) is 0.504. The van der Waals surface area contributed by atoms with E-state index in [0.717, 1.165) is 62.1 Å². The molecule has 1 aromatic heterocycles. The molecule has 0 saturated heterocycles. The zero-order valence-corrected chi connectivity index (χ0v) is 18.4. The summed E-state index contributed by atoms with van der Waals surface area (Å²) < 4.78 is 13.7. The highest BCUT2D eigenvalue weighted by Gasteiger charge is 2.32. The van der Waals surface area contributed by atoms with Crippen molar-refractivity contribution in [2.75, 3.05) is 20.1 Å². The second kappa shape index (κ2) is 9.30. The fourth-order valence-electron chi connectivity index (χ4n) is 4.96. The zero-order valence-electron chi connectivity index (χ0n) is 18.4. The molecule has 1 atom stereocenters. The molecule has 0 aliphatic heterocycles. The molecule has 1 aliphatic rings. The Morgan fingerprint density at radius 1 is 1.10 bits per heavy atom. The Balaban J connectivity index is 1.28. The number of nitrogens with zero attached hydrogens (tertiary/aromatic N) is 2. The third-order valence-corrected chi connectivity index (χ3v) is 6.47. The summed E-state index contributed by atoms with van der Waals surface area (Å²) in [6, 6.07) is 13.6. The van der Waals surface area contributed by atoms with Gasteiger partial charge < -0.3 is 9.88 Å². The minimum Gasteiger partial charge on any atom is -0.342 e. The van der Waals surface area contributed by atoms with Crippen LogP contribution in [0.5, 0.6) is 0 Å². The van der Waals surface area contributed by atoms with Gasteiger partial charge in [-0.25, -0.2) is 9.37 Å². The number of aromatic amines is 1. The minimum absolute atomic E-state index is 0.108. The summed E-state index contributed by atoms with van der Waals surface area (Å²) in [7, 11) is 2.22. The highest BCUT2D eigenvalue weighted by atomic mass is 19.1. The highest BCUT2D eigenvalue weighted by Crippen LogP contribution is 2.44. The number of rotatable bonds is 8. The molecule has 3 aromatic rings. The van der Waals surface area contributed by atoms with E-state index in [0.29, 0.717) is 11.8 Å². The van der Waals surface area contributed by atoms with Crippen LogP contribution in [-0.4, -0.2) is 35.0 Å². The summed E-state index contributed by atoms with van der Waals surface area (Å²) in [6.07, 6.45) is 5.26. The molecule has 0 amide bonds. The summed E-state index contributed by atoms with van der Waals surface area (Å²) in [5, 5.41) is 0. The van der Waals surface area contributed by atoms with Gasteiger partial charge in [0, 0.05) is 6.42 Å². The van der Waals surface area contributed by atoms with Gasteiger partial charge in [0.15, 0.2) is 0 Å². The van der Waals surface area contributed by atoms with E-state index in [1.54, 1.807) is 18.1 Å². The molecule has 0 saturated carbocycles. The van der Waals surface area contributed by atoms with Crippen LogP contribution in [0.4, 0.5) is 4.39 Å². The van der Waals surface area contributed by atoms with Crippen molar-refractivity contribution in [3.05, 3.63) is 71.2 Å². The van der Waals surface area contributed by atoms with Crippen LogP contribution < -0.4 is 0 Å². The van der Waals surface area contributed by atoms with Crippen LogP contribution in [0.3, 0.4) is 0 Å². The Labute approximate surface area is 179 Å². The number of para-hydroxylation sites is 2. The van der Waals surface area contributed by atoms with Crippen LogP contribution in [0.15, 0.2) is 42.5 Å². The number of H-pyrrole nitrogens is 1. The highest BCUT2D eigenvalue weighted by molar-refractivity contribution is 5.74. The maximum Gasteiger partial charge on any atom is 0.123 e. The van der Waals surface area contributed by atoms with Gasteiger partial charge in [-0.1, -0.05) is 32.0 Å². The number of hydrogen-bond acceptors (Lipinski definition) is 2. The number of fused-ring (bicyclic) bond motifs is 2. The van der Waals surface area contributed by atoms with Crippen LogP contribution in [-0.2, 0) is 12.8 Å². The van der Waals surface area contributed by atoms with Crippen molar-refractivity contribution in [3.63, 3.8) is 0 Å². The lowest BCUT2D eigenvalue weighted by Crippen LogP contribution is -2.28. The molecule has 3 nitrogen and oxygen atoms in total. The summed E-state index contributed by atoms with van der Waals surface area (Å²) in [6.45, 7) is 6.73. The summed E-state index contributed by atoms with van der Waals surface area (Å²) in [4.78, 5) is 10.5. The number of benzene rings is 2. The van der Waals surface area contributed by atoms with Gasteiger partial charge >= 0.3 is 0 Å². The number of aryl methyl sites for hydroxylation is 2. The normalized spacial score (nSPS) is 17.2. The fourth-order valence-corrected chi connectivity index (χ4v) is 4.96. The predicted molar refractivity (Wildman–Crippen MR) is 122 cm³/mol. The maximum absolute atomic E-state index is 13.7. The summed E-state index contributed by atoms with van der Waals surface area (Å²) >= 11 is 0. The Bertz CT molecular complexity index is 944. The first kappa shape index (κ1) is 21.0. The third kappa shape index (κ3) is 4.75. The first-order valence-corrected chi connectivity index (χ1v) is 11.3. The molecular formula is C26H33FN3. The first-order chi connectivity index (χ1) is 14.5. The van der Waals surface area contributed by atoms with Crippen LogP contribution in [0.1, 0.15) is 56.0 Å². The molecule has 4 rings (SSSR count). The Kier molecular flexibility index (Phi) is 6.52. The average molecular weight is 407 g/mol. The van der Waals surface area contributed by atoms with E-state index >= 15 is 0 Å². The molecule has 1 N–H and O–H groups in total. The number of halogens is 1. The Morgan fingerprint density at radius 2 is 1.93 bits per heavy atom. The van der Waals surface area contributed by atoms with E-state index < -0.39 is 0 Å². The van der Waals surface area contributed by atoms with Gasteiger partial charge in [0.25, 0.3) is 0 Å². The first-order valence-electron chi connectivity index (χ1n) is 11.3. The predicted octanol–water partition coefficient (Wildman–Crippen LogP) is 5.92. The van der Waals surface area contributed by atoms with E-state index in [1.165, 1.54) is 11.1 Å². The van der Waals surface area contributed by atoms with Gasteiger partial charge in [-0.3, -0.25) is 0 Å². The van der Waals surface area contributed by atoms with Crippen molar-refractivity contribution in [1.29, 1.82) is 0 Å². The largest absolute Gasteiger partial charge is 0.342 e. The zero-order chi connectivity index (χ0) is 21.1. The summed E-state index contributed by atoms with van der Waals surface area (Å²) in [5.74, 6) is 3.60. The second-order valence-corrected chi connectivity index (χ2v) is 9.08. The molecular weight excluding hydrogens is 373 g/mol. The fraction of sp³-hybridized carbons (Fsp3) is 0.462. The monoisotopic (exact) mass is 406 g/mol.